The lowest BCUT2D eigenvalue weighted by Crippen LogP contribution is -2.33. The molecule has 4 nitrogen and oxygen atoms in total. The van der Waals surface area contributed by atoms with E-state index in [2.05, 4.69) is 59.3 Å². The standard InChI is InChI=1S/C26H28N2O2/c1-19-8-6-7-11-22(19)18-30-23-12-13-24-21(16-23)14-15-28(24)26(25(29)17-27-2)20-9-4-3-5-10-20/h3-16,25-27,29H,17-18H2,1-2H3/t25-,26+/m1/s1. The first-order valence-corrected chi connectivity index (χ1v) is 10.3. The zero-order valence-corrected chi connectivity index (χ0v) is 17.5. The minimum Gasteiger partial charge on any atom is -0.489 e. The van der Waals surface area contributed by atoms with Crippen molar-refractivity contribution in [3.8, 4) is 5.75 Å². The normalized spacial score (nSPS) is 13.3. The van der Waals surface area contributed by atoms with Gasteiger partial charge in [0.25, 0.3) is 0 Å². The van der Waals surface area contributed by atoms with E-state index >= 15 is 0 Å². The molecule has 0 fully saturated rings. The Bertz CT molecular complexity index is 1100. The molecule has 4 aromatic rings. The predicted octanol–water partition coefficient (Wildman–Crippen LogP) is 4.70. The molecule has 1 aromatic heterocycles. The van der Waals surface area contributed by atoms with Gasteiger partial charge in [0.1, 0.15) is 12.4 Å². The number of aromatic nitrogens is 1. The topological polar surface area (TPSA) is 46.4 Å². The molecule has 30 heavy (non-hydrogen) atoms. The molecule has 0 aliphatic carbocycles. The van der Waals surface area contributed by atoms with Gasteiger partial charge in [-0.2, -0.15) is 0 Å². The van der Waals surface area contributed by atoms with E-state index in [0.29, 0.717) is 13.2 Å². The minimum atomic E-state index is -0.551. The van der Waals surface area contributed by atoms with Gasteiger partial charge in [0.2, 0.25) is 0 Å². The van der Waals surface area contributed by atoms with E-state index in [0.717, 1.165) is 22.2 Å². The second kappa shape index (κ2) is 9.16. The summed E-state index contributed by atoms with van der Waals surface area (Å²) in [7, 11) is 1.86. The van der Waals surface area contributed by atoms with Crippen molar-refractivity contribution in [2.75, 3.05) is 13.6 Å². The molecule has 0 bridgehead atoms. The van der Waals surface area contributed by atoms with Crippen LogP contribution in [0, 0.1) is 6.92 Å². The molecule has 0 saturated carbocycles. The number of likely N-dealkylation sites (N-methyl/N-ethyl adjacent to an activating group) is 1. The van der Waals surface area contributed by atoms with Gasteiger partial charge in [0, 0.05) is 23.6 Å². The second-order valence-corrected chi connectivity index (χ2v) is 7.64. The SMILES string of the molecule is CNC[C@@H](O)[C@H](c1ccccc1)n1ccc2cc(OCc3ccccc3C)ccc21. The second-order valence-electron chi connectivity index (χ2n) is 7.64. The molecule has 1 heterocycles. The Morgan fingerprint density at radius 1 is 0.967 bits per heavy atom. The molecule has 0 spiro atoms. The van der Waals surface area contributed by atoms with E-state index < -0.39 is 6.10 Å². The average Bonchev–Trinajstić information content (AvgIpc) is 3.17. The van der Waals surface area contributed by atoms with Crippen LogP contribution < -0.4 is 10.1 Å². The number of hydrogen-bond acceptors (Lipinski definition) is 3. The van der Waals surface area contributed by atoms with E-state index in [1.165, 1.54) is 11.1 Å². The monoisotopic (exact) mass is 400 g/mol. The van der Waals surface area contributed by atoms with Gasteiger partial charge in [0.15, 0.2) is 0 Å². The Balaban J connectivity index is 1.62. The highest BCUT2D eigenvalue weighted by Gasteiger charge is 2.23. The number of nitrogens with zero attached hydrogens (tertiary/aromatic N) is 1. The lowest BCUT2D eigenvalue weighted by atomic mass is 10.0. The third-order valence-corrected chi connectivity index (χ3v) is 5.57. The van der Waals surface area contributed by atoms with Gasteiger partial charge in [-0.1, -0.05) is 54.6 Å². The van der Waals surface area contributed by atoms with Crippen molar-refractivity contribution in [1.82, 2.24) is 9.88 Å². The summed E-state index contributed by atoms with van der Waals surface area (Å²) in [6.45, 7) is 3.16. The highest BCUT2D eigenvalue weighted by molar-refractivity contribution is 5.82. The van der Waals surface area contributed by atoms with Crippen molar-refractivity contribution in [3.63, 3.8) is 0 Å². The summed E-state index contributed by atoms with van der Waals surface area (Å²) >= 11 is 0. The Morgan fingerprint density at radius 3 is 2.50 bits per heavy atom. The Labute approximate surface area is 177 Å². The fourth-order valence-corrected chi connectivity index (χ4v) is 3.95. The molecule has 0 radical (unpaired) electrons. The lowest BCUT2D eigenvalue weighted by molar-refractivity contribution is 0.132. The molecule has 4 heteroatoms. The summed E-state index contributed by atoms with van der Waals surface area (Å²) in [6, 6.07) is 26.5. The van der Waals surface area contributed by atoms with Gasteiger partial charge in [0.05, 0.1) is 12.1 Å². The number of aliphatic hydroxyl groups is 1. The first kappa shape index (κ1) is 20.2. The lowest BCUT2D eigenvalue weighted by Gasteiger charge is -2.26. The number of benzene rings is 3. The van der Waals surface area contributed by atoms with Crippen LogP contribution in [0.25, 0.3) is 10.9 Å². The third kappa shape index (κ3) is 4.25. The number of nitrogens with one attached hydrogen (secondary N) is 1. The molecule has 2 atom stereocenters. The maximum absolute atomic E-state index is 10.9. The largest absolute Gasteiger partial charge is 0.489 e. The van der Waals surface area contributed by atoms with Gasteiger partial charge in [-0.15, -0.1) is 0 Å². The first-order valence-electron chi connectivity index (χ1n) is 10.3. The Hall–Kier alpha value is -3.08. The Morgan fingerprint density at radius 2 is 1.73 bits per heavy atom. The van der Waals surface area contributed by atoms with Crippen LogP contribution in [0.3, 0.4) is 0 Å². The first-order chi connectivity index (χ1) is 14.7. The van der Waals surface area contributed by atoms with Crippen molar-refractivity contribution >= 4 is 10.9 Å². The number of aliphatic hydroxyl groups excluding tert-OH is 1. The molecule has 0 saturated heterocycles. The van der Waals surface area contributed by atoms with Crippen LogP contribution in [0.4, 0.5) is 0 Å². The quantitative estimate of drug-likeness (QED) is 0.451. The van der Waals surface area contributed by atoms with Crippen molar-refractivity contribution < 1.29 is 9.84 Å². The molecular weight excluding hydrogens is 372 g/mol. The van der Waals surface area contributed by atoms with Crippen LogP contribution >= 0.6 is 0 Å². The van der Waals surface area contributed by atoms with Crippen molar-refractivity contribution in [3.05, 3.63) is 102 Å². The zero-order chi connectivity index (χ0) is 20.9. The van der Waals surface area contributed by atoms with Crippen LogP contribution in [0.2, 0.25) is 0 Å². The van der Waals surface area contributed by atoms with Crippen molar-refractivity contribution in [1.29, 1.82) is 0 Å². The fourth-order valence-electron chi connectivity index (χ4n) is 3.95. The van der Waals surface area contributed by atoms with Crippen LogP contribution in [0.15, 0.2) is 85.1 Å². The maximum atomic E-state index is 10.9. The molecule has 0 unspecified atom stereocenters. The smallest absolute Gasteiger partial charge is 0.120 e. The summed E-state index contributed by atoms with van der Waals surface area (Å²) in [5.74, 6) is 0.843. The zero-order valence-electron chi connectivity index (χ0n) is 17.5. The summed E-state index contributed by atoms with van der Waals surface area (Å²) in [5.41, 5.74) is 4.57. The number of aryl methyl sites for hydroxylation is 1. The third-order valence-electron chi connectivity index (χ3n) is 5.57. The van der Waals surface area contributed by atoms with Gasteiger partial charge in [-0.05, 0) is 54.9 Å². The van der Waals surface area contributed by atoms with E-state index in [1.54, 1.807) is 0 Å². The predicted molar refractivity (Wildman–Crippen MR) is 122 cm³/mol. The number of rotatable bonds is 8. The van der Waals surface area contributed by atoms with Gasteiger partial charge < -0.3 is 19.7 Å². The van der Waals surface area contributed by atoms with Crippen LogP contribution in [-0.4, -0.2) is 29.4 Å². The Kier molecular flexibility index (Phi) is 6.17. The highest BCUT2D eigenvalue weighted by atomic mass is 16.5. The van der Waals surface area contributed by atoms with E-state index in [9.17, 15) is 5.11 Å². The summed E-state index contributed by atoms with van der Waals surface area (Å²) in [5, 5.41) is 15.1. The number of ether oxygens (including phenoxy) is 1. The molecule has 0 amide bonds. The minimum absolute atomic E-state index is 0.171. The van der Waals surface area contributed by atoms with E-state index in [4.69, 9.17) is 4.74 Å². The fraction of sp³-hybridized carbons (Fsp3) is 0.231. The number of fused-ring (bicyclic) bond motifs is 1. The molecule has 3 aromatic carbocycles. The van der Waals surface area contributed by atoms with E-state index in [1.807, 2.05) is 49.6 Å². The molecular formula is C26H28N2O2. The molecule has 0 aliphatic rings. The maximum Gasteiger partial charge on any atom is 0.120 e. The molecule has 0 aliphatic heterocycles. The van der Waals surface area contributed by atoms with Gasteiger partial charge in [-0.3, -0.25) is 0 Å². The van der Waals surface area contributed by atoms with Crippen LogP contribution in [0.1, 0.15) is 22.7 Å². The van der Waals surface area contributed by atoms with Crippen LogP contribution in [-0.2, 0) is 6.61 Å². The van der Waals surface area contributed by atoms with E-state index in [-0.39, 0.29) is 6.04 Å². The van der Waals surface area contributed by atoms with Gasteiger partial charge in [-0.25, -0.2) is 0 Å². The van der Waals surface area contributed by atoms with Gasteiger partial charge >= 0.3 is 0 Å². The molecule has 154 valence electrons. The van der Waals surface area contributed by atoms with Crippen molar-refractivity contribution in [2.24, 2.45) is 0 Å². The molecule has 4 rings (SSSR count). The summed E-state index contributed by atoms with van der Waals surface area (Å²) in [6.07, 6.45) is 1.50. The molecule has 2 N–H and O–H groups in total. The summed E-state index contributed by atoms with van der Waals surface area (Å²) < 4.78 is 8.20. The number of hydrogen-bond donors (Lipinski definition) is 2. The highest BCUT2D eigenvalue weighted by Crippen LogP contribution is 2.30. The van der Waals surface area contributed by atoms with Crippen molar-refractivity contribution in [2.45, 2.75) is 25.7 Å². The van der Waals surface area contributed by atoms with Crippen LogP contribution in [0.5, 0.6) is 5.75 Å². The average molecular weight is 401 g/mol. The summed E-state index contributed by atoms with van der Waals surface area (Å²) in [4.78, 5) is 0.